The monoisotopic (exact) mass is 279 g/mol. The Kier molecular flexibility index (Phi) is 4.81. The Morgan fingerprint density at radius 3 is 2.90 bits per heavy atom. The molecule has 1 saturated heterocycles. The summed E-state index contributed by atoms with van der Waals surface area (Å²) >= 11 is 0. The molecule has 0 aromatic carbocycles. The first kappa shape index (κ1) is 15.0. The first-order chi connectivity index (χ1) is 9.48. The second kappa shape index (κ2) is 6.39. The number of nitrogens with one attached hydrogen (secondary N) is 1. The number of piperidine rings is 1. The summed E-state index contributed by atoms with van der Waals surface area (Å²) in [5.74, 6) is 0.207. The van der Waals surface area contributed by atoms with Crippen LogP contribution < -0.4 is 15.6 Å². The molecule has 2 heterocycles. The van der Waals surface area contributed by atoms with Crippen molar-refractivity contribution in [3.8, 4) is 5.88 Å². The maximum absolute atomic E-state index is 12.3. The molecular weight excluding hydrogens is 254 g/mol. The predicted octanol–water partition coefficient (Wildman–Crippen LogP) is 1.91. The lowest BCUT2D eigenvalue weighted by molar-refractivity contribution is 0.251. The molecule has 112 valence electrons. The standard InChI is InChI=1S/C15H25N3O2/c1-15(2,3)18-10-9-17-13(14(18)19)20-11-7-12-6-4-5-8-16-12/h9-10,12,16H,4-8,11H2,1-3H3. The molecule has 20 heavy (non-hydrogen) atoms. The normalized spacial score (nSPS) is 19.9. The zero-order valence-corrected chi connectivity index (χ0v) is 12.7. The van der Waals surface area contributed by atoms with Crippen molar-refractivity contribution in [2.24, 2.45) is 0 Å². The SMILES string of the molecule is CC(C)(C)n1ccnc(OCCC2CCCCN2)c1=O. The van der Waals surface area contributed by atoms with Gasteiger partial charge < -0.3 is 14.6 Å². The third-order valence-corrected chi connectivity index (χ3v) is 3.65. The maximum Gasteiger partial charge on any atom is 0.313 e. The van der Waals surface area contributed by atoms with Gasteiger partial charge in [0.05, 0.1) is 6.61 Å². The van der Waals surface area contributed by atoms with Crippen LogP contribution in [0.3, 0.4) is 0 Å². The van der Waals surface area contributed by atoms with E-state index < -0.39 is 0 Å². The van der Waals surface area contributed by atoms with E-state index in [-0.39, 0.29) is 17.0 Å². The zero-order chi connectivity index (χ0) is 14.6. The molecular formula is C15H25N3O2. The van der Waals surface area contributed by atoms with Gasteiger partial charge in [-0.05, 0) is 46.6 Å². The van der Waals surface area contributed by atoms with E-state index in [9.17, 15) is 4.79 Å². The summed E-state index contributed by atoms with van der Waals surface area (Å²) in [5.41, 5.74) is -0.417. The van der Waals surface area contributed by atoms with Crippen LogP contribution in [0.1, 0.15) is 46.5 Å². The molecule has 0 aliphatic carbocycles. The van der Waals surface area contributed by atoms with E-state index in [1.54, 1.807) is 17.0 Å². The molecule has 5 nitrogen and oxygen atoms in total. The first-order valence-electron chi connectivity index (χ1n) is 7.43. The van der Waals surface area contributed by atoms with E-state index in [0.29, 0.717) is 12.6 Å². The summed E-state index contributed by atoms with van der Waals surface area (Å²) in [6.07, 6.45) is 7.98. The minimum Gasteiger partial charge on any atom is -0.474 e. The van der Waals surface area contributed by atoms with E-state index in [1.807, 2.05) is 20.8 Å². The largest absolute Gasteiger partial charge is 0.474 e. The molecule has 0 bridgehead atoms. The van der Waals surface area contributed by atoms with Crippen LogP contribution in [0.25, 0.3) is 0 Å². The quantitative estimate of drug-likeness (QED) is 0.914. The van der Waals surface area contributed by atoms with Gasteiger partial charge >= 0.3 is 5.56 Å². The summed E-state index contributed by atoms with van der Waals surface area (Å²) in [6.45, 7) is 7.59. The van der Waals surface area contributed by atoms with Crippen molar-refractivity contribution < 1.29 is 4.74 Å². The van der Waals surface area contributed by atoms with Crippen LogP contribution in [0.5, 0.6) is 5.88 Å². The molecule has 0 spiro atoms. The molecule has 1 fully saturated rings. The maximum atomic E-state index is 12.3. The highest BCUT2D eigenvalue weighted by Crippen LogP contribution is 2.13. The third kappa shape index (κ3) is 3.82. The number of hydrogen-bond donors (Lipinski definition) is 1. The Balaban J connectivity index is 1.94. The summed E-state index contributed by atoms with van der Waals surface area (Å²) < 4.78 is 7.25. The van der Waals surface area contributed by atoms with E-state index in [4.69, 9.17) is 4.74 Å². The minimum atomic E-state index is -0.261. The summed E-state index contributed by atoms with van der Waals surface area (Å²) in [5, 5.41) is 3.47. The van der Waals surface area contributed by atoms with E-state index in [1.165, 1.54) is 19.3 Å². The fourth-order valence-electron chi connectivity index (χ4n) is 2.49. The molecule has 0 radical (unpaired) electrons. The van der Waals surface area contributed by atoms with Crippen LogP contribution in [0.2, 0.25) is 0 Å². The second-order valence-electron chi connectivity index (χ2n) is 6.36. The smallest absolute Gasteiger partial charge is 0.313 e. The lowest BCUT2D eigenvalue weighted by atomic mass is 10.0. The van der Waals surface area contributed by atoms with E-state index >= 15 is 0 Å². The lowest BCUT2D eigenvalue weighted by Crippen LogP contribution is -2.36. The van der Waals surface area contributed by atoms with Crippen LogP contribution in [0.15, 0.2) is 17.2 Å². The van der Waals surface area contributed by atoms with Crippen molar-refractivity contribution in [1.82, 2.24) is 14.9 Å². The molecule has 1 aliphatic rings. The highest BCUT2D eigenvalue weighted by molar-refractivity contribution is 5.06. The number of nitrogens with zero attached hydrogens (tertiary/aromatic N) is 2. The highest BCUT2D eigenvalue weighted by atomic mass is 16.5. The van der Waals surface area contributed by atoms with Gasteiger partial charge in [-0.3, -0.25) is 4.79 Å². The van der Waals surface area contributed by atoms with Gasteiger partial charge in [0.15, 0.2) is 0 Å². The summed E-state index contributed by atoms with van der Waals surface area (Å²) in [6, 6.07) is 0.511. The fraction of sp³-hybridized carbons (Fsp3) is 0.733. The van der Waals surface area contributed by atoms with E-state index in [0.717, 1.165) is 13.0 Å². The number of rotatable bonds is 4. The van der Waals surface area contributed by atoms with Gasteiger partial charge in [0.2, 0.25) is 0 Å². The van der Waals surface area contributed by atoms with Crippen molar-refractivity contribution in [1.29, 1.82) is 0 Å². The van der Waals surface area contributed by atoms with Gasteiger partial charge in [0, 0.05) is 24.0 Å². The van der Waals surface area contributed by atoms with Crippen LogP contribution in [0.4, 0.5) is 0 Å². The fourth-order valence-corrected chi connectivity index (χ4v) is 2.49. The molecule has 1 atom stereocenters. The molecule has 1 unspecified atom stereocenters. The third-order valence-electron chi connectivity index (χ3n) is 3.65. The van der Waals surface area contributed by atoms with Crippen LogP contribution in [0, 0.1) is 0 Å². The summed E-state index contributed by atoms with van der Waals surface area (Å²) in [4.78, 5) is 16.3. The molecule has 0 saturated carbocycles. The molecule has 1 N–H and O–H groups in total. The van der Waals surface area contributed by atoms with Crippen molar-refractivity contribution >= 4 is 0 Å². The van der Waals surface area contributed by atoms with E-state index in [2.05, 4.69) is 10.3 Å². The Labute approximate surface area is 120 Å². The molecule has 0 amide bonds. The average Bonchev–Trinajstić information content (AvgIpc) is 2.40. The topological polar surface area (TPSA) is 56.1 Å². The molecule has 1 aliphatic heterocycles. The van der Waals surface area contributed by atoms with Crippen LogP contribution in [-0.4, -0.2) is 28.7 Å². The first-order valence-corrected chi connectivity index (χ1v) is 7.43. The highest BCUT2D eigenvalue weighted by Gasteiger charge is 2.18. The predicted molar refractivity (Wildman–Crippen MR) is 79.2 cm³/mol. The van der Waals surface area contributed by atoms with Gasteiger partial charge in [-0.2, -0.15) is 0 Å². The van der Waals surface area contributed by atoms with Crippen LogP contribution >= 0.6 is 0 Å². The average molecular weight is 279 g/mol. The minimum absolute atomic E-state index is 0.156. The van der Waals surface area contributed by atoms with Gasteiger partial charge in [-0.1, -0.05) is 6.42 Å². The van der Waals surface area contributed by atoms with Crippen LogP contribution in [-0.2, 0) is 5.54 Å². The van der Waals surface area contributed by atoms with Gasteiger partial charge in [0.1, 0.15) is 0 Å². The molecule has 1 aromatic rings. The molecule has 5 heteroatoms. The Morgan fingerprint density at radius 2 is 2.25 bits per heavy atom. The number of ether oxygens (including phenoxy) is 1. The number of aromatic nitrogens is 2. The zero-order valence-electron chi connectivity index (χ0n) is 12.7. The Bertz CT molecular complexity index is 485. The lowest BCUT2D eigenvalue weighted by Gasteiger charge is -2.24. The van der Waals surface area contributed by atoms with Crippen molar-refractivity contribution in [3.63, 3.8) is 0 Å². The van der Waals surface area contributed by atoms with Gasteiger partial charge in [-0.15, -0.1) is 0 Å². The van der Waals surface area contributed by atoms with Crippen molar-refractivity contribution in [2.75, 3.05) is 13.2 Å². The summed E-state index contributed by atoms with van der Waals surface area (Å²) in [7, 11) is 0. The van der Waals surface area contributed by atoms with Gasteiger partial charge in [-0.25, -0.2) is 4.98 Å². The van der Waals surface area contributed by atoms with Crippen molar-refractivity contribution in [3.05, 3.63) is 22.7 Å². The van der Waals surface area contributed by atoms with Gasteiger partial charge in [0.25, 0.3) is 5.88 Å². The Hall–Kier alpha value is -1.36. The Morgan fingerprint density at radius 1 is 1.45 bits per heavy atom. The molecule has 1 aromatic heterocycles. The second-order valence-corrected chi connectivity index (χ2v) is 6.36. The molecule has 2 rings (SSSR count). The van der Waals surface area contributed by atoms with Crippen molar-refractivity contribution in [2.45, 2.75) is 58.0 Å². The number of hydrogen-bond acceptors (Lipinski definition) is 4.